The van der Waals surface area contributed by atoms with Gasteiger partial charge in [0, 0.05) is 33.2 Å². The molecule has 2 amide bonds. The highest BCUT2D eigenvalue weighted by Crippen LogP contribution is 2.13. The fourth-order valence-electron chi connectivity index (χ4n) is 3.25. The lowest BCUT2D eigenvalue weighted by atomic mass is 9.75. The van der Waals surface area contributed by atoms with E-state index in [9.17, 15) is 19.6 Å². The lowest BCUT2D eigenvalue weighted by Crippen LogP contribution is -2.55. The van der Waals surface area contributed by atoms with E-state index in [1.165, 1.54) is 37.6 Å². The summed E-state index contributed by atoms with van der Waals surface area (Å²) < 4.78 is 5.06. The molecule has 0 saturated heterocycles. The largest absolute Gasteiger partial charge is 0.475 e. The first kappa shape index (κ1) is 24.5. The van der Waals surface area contributed by atoms with Crippen LogP contribution in [-0.2, 0) is 16.0 Å². The van der Waals surface area contributed by atoms with Gasteiger partial charge in [-0.25, -0.2) is 4.98 Å². The van der Waals surface area contributed by atoms with Crippen molar-refractivity contribution in [3.63, 3.8) is 0 Å². The second-order valence-corrected chi connectivity index (χ2v) is 7.21. The highest BCUT2D eigenvalue weighted by Gasteiger charge is 2.34. The molecule has 0 fully saturated rings. The molecule has 2 rings (SSSR count). The first-order valence-electron chi connectivity index (χ1n) is 10.2. The van der Waals surface area contributed by atoms with Gasteiger partial charge in [0.05, 0.1) is 12.1 Å². The molecule has 0 spiro atoms. The highest BCUT2D eigenvalue weighted by atomic mass is 16.5. The lowest BCUT2D eigenvalue weighted by molar-refractivity contribution is -0.133. The van der Waals surface area contributed by atoms with Crippen molar-refractivity contribution in [1.29, 1.82) is 0 Å². The Balaban J connectivity index is 2.03. The number of likely N-dealkylation sites (N-methyl/N-ethyl adjacent to an activating group) is 1. The Hall–Kier alpha value is -2.82. The highest BCUT2D eigenvalue weighted by molar-refractivity contribution is 6.43. The van der Waals surface area contributed by atoms with Crippen LogP contribution < -0.4 is 5.32 Å². The Morgan fingerprint density at radius 2 is 1.94 bits per heavy atom. The molecule has 10 heteroatoms. The van der Waals surface area contributed by atoms with Gasteiger partial charge in [-0.2, -0.15) is 0 Å². The van der Waals surface area contributed by atoms with Crippen molar-refractivity contribution in [2.24, 2.45) is 0 Å². The van der Waals surface area contributed by atoms with E-state index in [2.05, 4.69) is 15.3 Å². The van der Waals surface area contributed by atoms with Crippen LogP contribution in [0.15, 0.2) is 48.9 Å². The molecule has 166 valence electrons. The van der Waals surface area contributed by atoms with E-state index in [0.717, 1.165) is 12.0 Å². The molecular weight excluding hydrogens is 399 g/mol. The van der Waals surface area contributed by atoms with E-state index in [-0.39, 0.29) is 18.7 Å². The van der Waals surface area contributed by atoms with Crippen molar-refractivity contribution in [2.45, 2.75) is 37.7 Å². The lowest BCUT2D eigenvalue weighted by Gasteiger charge is -2.31. The Kier molecular flexibility index (Phi) is 10.1. The van der Waals surface area contributed by atoms with Crippen LogP contribution in [0.2, 0.25) is 0 Å². The molecule has 0 aliphatic heterocycles. The van der Waals surface area contributed by atoms with Gasteiger partial charge in [0.2, 0.25) is 5.91 Å². The molecule has 2 aromatic rings. The number of nitrogens with zero attached hydrogens (tertiary/aromatic N) is 3. The fraction of sp³-hybridized carbons (Fsp3) is 0.429. The molecule has 1 heterocycles. The number of nitrogens with one attached hydrogen (secondary N) is 1. The van der Waals surface area contributed by atoms with Gasteiger partial charge in [0.15, 0.2) is 0 Å². The predicted octanol–water partition coefficient (Wildman–Crippen LogP) is 0.473. The molecule has 3 N–H and O–H groups in total. The van der Waals surface area contributed by atoms with Gasteiger partial charge in [-0.05, 0) is 31.2 Å². The third-order valence-electron chi connectivity index (χ3n) is 5.01. The van der Waals surface area contributed by atoms with Crippen LogP contribution in [0.1, 0.15) is 35.3 Å². The molecule has 2 atom stereocenters. The van der Waals surface area contributed by atoms with E-state index in [4.69, 9.17) is 4.74 Å². The minimum absolute atomic E-state index is 0.0852. The van der Waals surface area contributed by atoms with Crippen LogP contribution in [0, 0.1) is 0 Å². The van der Waals surface area contributed by atoms with Gasteiger partial charge in [-0.1, -0.05) is 30.3 Å². The van der Waals surface area contributed by atoms with E-state index >= 15 is 0 Å². The molecule has 1 aromatic carbocycles. The Labute approximate surface area is 182 Å². The average molecular weight is 428 g/mol. The fourth-order valence-corrected chi connectivity index (χ4v) is 3.25. The van der Waals surface area contributed by atoms with Crippen molar-refractivity contribution < 1.29 is 24.4 Å². The van der Waals surface area contributed by atoms with Crippen molar-refractivity contribution in [2.75, 3.05) is 20.8 Å². The Morgan fingerprint density at radius 1 is 1.19 bits per heavy atom. The van der Waals surface area contributed by atoms with Gasteiger partial charge >= 0.3 is 7.12 Å². The van der Waals surface area contributed by atoms with Crippen molar-refractivity contribution in [3.8, 4) is 0 Å². The Bertz CT molecular complexity index is 810. The van der Waals surface area contributed by atoms with Crippen LogP contribution in [0.5, 0.6) is 0 Å². The minimum atomic E-state index is -1.71. The standard InChI is InChI=1S/C21H29BN4O5/c1-26(19(22(29)30)10-6-9-16-7-4-3-5-8-16)21(28)17(11-14-31-2)25-20(27)18-15-23-12-13-24-18/h3-5,7-8,12-13,15,17,19,29-30H,6,9-11,14H2,1-2H3,(H,25,27)/t17-,19-/m0/s1. The third-order valence-corrected chi connectivity index (χ3v) is 5.01. The number of aryl methyl sites for hydroxylation is 1. The number of methoxy groups -OCH3 is 1. The summed E-state index contributed by atoms with van der Waals surface area (Å²) in [5.41, 5.74) is 1.22. The van der Waals surface area contributed by atoms with Gasteiger partial charge in [-0.3, -0.25) is 14.6 Å². The van der Waals surface area contributed by atoms with Gasteiger partial charge in [-0.15, -0.1) is 0 Å². The van der Waals surface area contributed by atoms with E-state index in [1.807, 2.05) is 30.3 Å². The molecule has 0 aliphatic carbocycles. The summed E-state index contributed by atoms with van der Waals surface area (Å²) in [5.74, 6) is -1.79. The van der Waals surface area contributed by atoms with Crippen molar-refractivity contribution >= 4 is 18.9 Å². The van der Waals surface area contributed by atoms with Gasteiger partial charge in [0.1, 0.15) is 11.7 Å². The second kappa shape index (κ2) is 12.8. The third kappa shape index (κ3) is 7.74. The van der Waals surface area contributed by atoms with Crippen molar-refractivity contribution in [1.82, 2.24) is 20.2 Å². The smallest absolute Gasteiger partial charge is 0.426 e. The number of rotatable bonds is 12. The number of benzene rings is 1. The van der Waals surface area contributed by atoms with Crippen LogP contribution in [0.3, 0.4) is 0 Å². The first-order valence-corrected chi connectivity index (χ1v) is 10.2. The molecule has 0 unspecified atom stereocenters. The van der Waals surface area contributed by atoms with Crippen LogP contribution in [0.25, 0.3) is 0 Å². The predicted molar refractivity (Wildman–Crippen MR) is 116 cm³/mol. The SMILES string of the molecule is COCC[C@H](NC(=O)c1cnccn1)C(=O)N(C)[C@@H](CCCc1ccccc1)B(O)O. The summed E-state index contributed by atoms with van der Waals surface area (Å²) in [5, 5.41) is 22.4. The van der Waals surface area contributed by atoms with Gasteiger partial charge in [0.25, 0.3) is 5.91 Å². The van der Waals surface area contributed by atoms with Crippen molar-refractivity contribution in [3.05, 3.63) is 60.2 Å². The molecule has 0 saturated carbocycles. The van der Waals surface area contributed by atoms with E-state index < -0.39 is 30.9 Å². The number of hydrogen-bond donors (Lipinski definition) is 3. The van der Waals surface area contributed by atoms with Crippen LogP contribution >= 0.6 is 0 Å². The van der Waals surface area contributed by atoms with Crippen LogP contribution in [-0.4, -0.2) is 76.6 Å². The quantitative estimate of drug-likeness (QED) is 0.420. The number of amides is 2. The summed E-state index contributed by atoms with van der Waals surface area (Å²) in [7, 11) is 1.30. The zero-order valence-corrected chi connectivity index (χ0v) is 17.8. The topological polar surface area (TPSA) is 125 Å². The second-order valence-electron chi connectivity index (χ2n) is 7.21. The number of ether oxygens (including phenoxy) is 1. The maximum absolute atomic E-state index is 13.1. The molecule has 31 heavy (non-hydrogen) atoms. The number of carbonyl (C=O) groups is 2. The summed E-state index contributed by atoms with van der Waals surface area (Å²) >= 11 is 0. The monoisotopic (exact) mass is 428 g/mol. The zero-order valence-electron chi connectivity index (χ0n) is 17.8. The minimum Gasteiger partial charge on any atom is -0.426 e. The maximum Gasteiger partial charge on any atom is 0.475 e. The molecule has 1 aromatic heterocycles. The molecule has 0 bridgehead atoms. The summed E-state index contributed by atoms with van der Waals surface area (Å²) in [4.78, 5) is 34.6. The summed E-state index contributed by atoms with van der Waals surface area (Å²) in [6.45, 7) is 0.241. The molecule has 9 nitrogen and oxygen atoms in total. The summed E-state index contributed by atoms with van der Waals surface area (Å²) in [6, 6.07) is 8.93. The first-order chi connectivity index (χ1) is 14.9. The van der Waals surface area contributed by atoms with Crippen LogP contribution in [0.4, 0.5) is 0 Å². The van der Waals surface area contributed by atoms with Gasteiger partial charge < -0.3 is 25.0 Å². The molecule has 0 radical (unpaired) electrons. The zero-order chi connectivity index (χ0) is 22.6. The van der Waals surface area contributed by atoms with E-state index in [0.29, 0.717) is 12.8 Å². The van der Waals surface area contributed by atoms with E-state index in [1.54, 1.807) is 0 Å². The number of hydrogen-bond acceptors (Lipinski definition) is 7. The normalized spacial score (nSPS) is 12.6. The molecular formula is C21H29BN4O5. The Morgan fingerprint density at radius 3 is 2.55 bits per heavy atom. The molecule has 0 aliphatic rings. The summed E-state index contributed by atoms with van der Waals surface area (Å²) in [6.07, 6.45) is 6.18. The maximum atomic E-state index is 13.1. The number of carbonyl (C=O) groups excluding carboxylic acids is 2. The number of aromatic nitrogens is 2. The average Bonchev–Trinajstić information content (AvgIpc) is 2.79.